The highest BCUT2D eigenvalue weighted by Crippen LogP contribution is 2.20. The molecule has 1 rings (SSSR count). The van der Waals surface area contributed by atoms with E-state index in [9.17, 15) is 0 Å². The van der Waals surface area contributed by atoms with E-state index in [0.717, 1.165) is 11.5 Å². The average molecular weight is 212 g/mol. The zero-order chi connectivity index (χ0) is 10.4. The van der Waals surface area contributed by atoms with Gasteiger partial charge in [0.25, 0.3) is 0 Å². The van der Waals surface area contributed by atoms with Crippen LogP contribution in [0.1, 0.15) is 12.5 Å². The average Bonchev–Trinajstić information content (AvgIpc) is 2.26. The molecular weight excluding hydrogens is 196 g/mol. The van der Waals surface area contributed by atoms with E-state index in [1.807, 2.05) is 25.1 Å². The van der Waals surface area contributed by atoms with Crippen molar-refractivity contribution in [3.8, 4) is 5.75 Å². The molecule has 1 aromatic rings. The zero-order valence-electron chi connectivity index (χ0n) is 8.56. The van der Waals surface area contributed by atoms with Crippen LogP contribution in [0.25, 0.3) is 0 Å². The molecule has 78 valence electrons. The molecule has 0 spiro atoms. The van der Waals surface area contributed by atoms with Crippen LogP contribution in [0.2, 0.25) is 0 Å². The van der Waals surface area contributed by atoms with Crippen molar-refractivity contribution in [1.82, 2.24) is 0 Å². The maximum Gasteiger partial charge on any atom is 0.119 e. The summed E-state index contributed by atoms with van der Waals surface area (Å²) in [5.41, 5.74) is 1.23. The van der Waals surface area contributed by atoms with Gasteiger partial charge in [-0.2, -0.15) is 11.8 Å². The fraction of sp³-hybridized carbons (Fsp3) is 0.455. The second kappa shape index (κ2) is 5.94. The van der Waals surface area contributed by atoms with Crippen molar-refractivity contribution in [2.24, 2.45) is 0 Å². The van der Waals surface area contributed by atoms with Crippen LogP contribution in [0.4, 0.5) is 0 Å². The third-order valence-electron chi connectivity index (χ3n) is 1.93. The predicted octanol–water partition coefficient (Wildman–Crippen LogP) is 2.31. The lowest BCUT2D eigenvalue weighted by molar-refractivity contribution is 0.300. The highest BCUT2D eigenvalue weighted by molar-refractivity contribution is 7.99. The minimum atomic E-state index is 0.231. The summed E-state index contributed by atoms with van der Waals surface area (Å²) in [6.07, 6.45) is 0. The van der Waals surface area contributed by atoms with Crippen LogP contribution in [0.15, 0.2) is 24.3 Å². The number of benzene rings is 1. The molecule has 3 heteroatoms. The van der Waals surface area contributed by atoms with E-state index < -0.39 is 0 Å². The molecule has 14 heavy (non-hydrogen) atoms. The van der Waals surface area contributed by atoms with Crippen molar-refractivity contribution in [2.45, 2.75) is 17.9 Å². The molecule has 1 N–H and O–H groups in total. The SMILES string of the molecule is COc1cccc(CSC(C)CO)c1. The van der Waals surface area contributed by atoms with Crippen molar-refractivity contribution in [3.63, 3.8) is 0 Å². The number of hydrogen-bond acceptors (Lipinski definition) is 3. The normalized spacial score (nSPS) is 12.5. The van der Waals surface area contributed by atoms with Crippen LogP contribution < -0.4 is 4.74 Å². The van der Waals surface area contributed by atoms with E-state index in [-0.39, 0.29) is 6.61 Å². The molecule has 0 heterocycles. The Balaban J connectivity index is 2.50. The molecule has 0 saturated carbocycles. The van der Waals surface area contributed by atoms with Crippen LogP contribution in [-0.2, 0) is 5.75 Å². The van der Waals surface area contributed by atoms with E-state index in [1.165, 1.54) is 5.56 Å². The van der Waals surface area contributed by atoms with E-state index in [4.69, 9.17) is 9.84 Å². The smallest absolute Gasteiger partial charge is 0.119 e. The number of methoxy groups -OCH3 is 1. The molecule has 0 aliphatic heterocycles. The summed E-state index contributed by atoms with van der Waals surface area (Å²) in [6.45, 7) is 2.25. The van der Waals surface area contributed by atoms with Gasteiger partial charge in [0.05, 0.1) is 13.7 Å². The van der Waals surface area contributed by atoms with Crippen molar-refractivity contribution in [1.29, 1.82) is 0 Å². The molecule has 0 aliphatic carbocycles. The lowest BCUT2D eigenvalue weighted by atomic mass is 10.2. The van der Waals surface area contributed by atoms with Gasteiger partial charge in [0.1, 0.15) is 5.75 Å². The summed E-state index contributed by atoms with van der Waals surface area (Å²) in [5.74, 6) is 1.80. The maximum atomic E-state index is 8.87. The summed E-state index contributed by atoms with van der Waals surface area (Å²) < 4.78 is 5.13. The van der Waals surface area contributed by atoms with Gasteiger partial charge in [-0.3, -0.25) is 0 Å². The van der Waals surface area contributed by atoms with E-state index in [0.29, 0.717) is 5.25 Å². The topological polar surface area (TPSA) is 29.5 Å². The monoisotopic (exact) mass is 212 g/mol. The minimum absolute atomic E-state index is 0.231. The molecule has 0 radical (unpaired) electrons. The second-order valence-electron chi connectivity index (χ2n) is 3.16. The van der Waals surface area contributed by atoms with Crippen molar-refractivity contribution < 1.29 is 9.84 Å². The first-order valence-corrected chi connectivity index (χ1v) is 5.66. The highest BCUT2D eigenvalue weighted by atomic mass is 32.2. The summed E-state index contributed by atoms with van der Waals surface area (Å²) in [6, 6.07) is 8.01. The molecular formula is C11H16O2S. The Morgan fingerprint density at radius 1 is 1.50 bits per heavy atom. The highest BCUT2D eigenvalue weighted by Gasteiger charge is 2.01. The Labute approximate surface area is 89.3 Å². The lowest BCUT2D eigenvalue weighted by Crippen LogP contribution is -2.02. The number of aliphatic hydroxyl groups excluding tert-OH is 1. The zero-order valence-corrected chi connectivity index (χ0v) is 9.38. The molecule has 1 atom stereocenters. The van der Waals surface area contributed by atoms with Gasteiger partial charge in [-0.25, -0.2) is 0 Å². The van der Waals surface area contributed by atoms with Gasteiger partial charge in [-0.05, 0) is 17.7 Å². The van der Waals surface area contributed by atoms with E-state index >= 15 is 0 Å². The number of aliphatic hydroxyl groups is 1. The Hall–Kier alpha value is -0.670. The van der Waals surface area contributed by atoms with E-state index in [2.05, 4.69) is 6.07 Å². The third-order valence-corrected chi connectivity index (χ3v) is 3.14. The van der Waals surface area contributed by atoms with Crippen LogP contribution in [-0.4, -0.2) is 24.1 Å². The molecule has 1 unspecified atom stereocenters. The van der Waals surface area contributed by atoms with Gasteiger partial charge < -0.3 is 9.84 Å². The van der Waals surface area contributed by atoms with Crippen molar-refractivity contribution >= 4 is 11.8 Å². The second-order valence-corrected chi connectivity index (χ2v) is 4.58. The molecule has 0 aliphatic rings. The van der Waals surface area contributed by atoms with Crippen LogP contribution in [0.5, 0.6) is 5.75 Å². The van der Waals surface area contributed by atoms with Gasteiger partial charge >= 0.3 is 0 Å². The van der Waals surface area contributed by atoms with Gasteiger partial charge in [0.15, 0.2) is 0 Å². The van der Waals surface area contributed by atoms with Crippen molar-refractivity contribution in [3.05, 3.63) is 29.8 Å². The van der Waals surface area contributed by atoms with Gasteiger partial charge in [-0.1, -0.05) is 19.1 Å². The summed E-state index contributed by atoms with van der Waals surface area (Å²) in [4.78, 5) is 0. The first-order chi connectivity index (χ1) is 6.76. The molecule has 0 saturated heterocycles. The first kappa shape index (κ1) is 11.4. The maximum absolute atomic E-state index is 8.87. The Bertz CT molecular complexity index is 276. The van der Waals surface area contributed by atoms with Gasteiger partial charge in [0.2, 0.25) is 0 Å². The van der Waals surface area contributed by atoms with Crippen LogP contribution in [0.3, 0.4) is 0 Å². The Morgan fingerprint density at radius 2 is 2.29 bits per heavy atom. The lowest BCUT2D eigenvalue weighted by Gasteiger charge is -2.08. The molecule has 0 fully saturated rings. The predicted molar refractivity (Wildman–Crippen MR) is 60.8 cm³/mol. The summed E-state index contributed by atoms with van der Waals surface area (Å²) in [5, 5.41) is 9.16. The summed E-state index contributed by atoms with van der Waals surface area (Å²) >= 11 is 1.74. The minimum Gasteiger partial charge on any atom is -0.497 e. The molecule has 0 amide bonds. The largest absolute Gasteiger partial charge is 0.497 e. The van der Waals surface area contributed by atoms with Crippen molar-refractivity contribution in [2.75, 3.05) is 13.7 Å². The Kier molecular flexibility index (Phi) is 4.84. The fourth-order valence-electron chi connectivity index (χ4n) is 1.05. The van der Waals surface area contributed by atoms with Crippen LogP contribution in [0, 0.1) is 0 Å². The molecule has 1 aromatic carbocycles. The number of hydrogen-bond donors (Lipinski definition) is 1. The standard InChI is InChI=1S/C11H16O2S/c1-9(7-12)14-8-10-4-3-5-11(6-10)13-2/h3-6,9,12H,7-8H2,1-2H3. The first-order valence-electron chi connectivity index (χ1n) is 4.61. The quantitative estimate of drug-likeness (QED) is 0.812. The van der Waals surface area contributed by atoms with Gasteiger partial charge in [0, 0.05) is 11.0 Å². The summed E-state index contributed by atoms with van der Waals surface area (Å²) in [7, 11) is 1.67. The fourth-order valence-corrected chi connectivity index (χ4v) is 1.82. The molecule has 0 bridgehead atoms. The van der Waals surface area contributed by atoms with E-state index in [1.54, 1.807) is 18.9 Å². The van der Waals surface area contributed by atoms with Gasteiger partial charge in [-0.15, -0.1) is 0 Å². The van der Waals surface area contributed by atoms with Crippen LogP contribution >= 0.6 is 11.8 Å². The molecule has 0 aromatic heterocycles. The number of thioether (sulfide) groups is 1. The Morgan fingerprint density at radius 3 is 2.93 bits per heavy atom. The number of ether oxygens (including phenoxy) is 1. The number of rotatable bonds is 5. The third kappa shape index (κ3) is 3.60. The molecule has 2 nitrogen and oxygen atoms in total.